The van der Waals surface area contributed by atoms with Crippen LogP contribution in [0.3, 0.4) is 0 Å². The molecule has 0 saturated carbocycles. The van der Waals surface area contributed by atoms with Gasteiger partial charge in [0.25, 0.3) is 0 Å². The van der Waals surface area contributed by atoms with Gasteiger partial charge in [0.2, 0.25) is 0 Å². The van der Waals surface area contributed by atoms with Crippen molar-refractivity contribution >= 4 is 11.3 Å². The van der Waals surface area contributed by atoms with Crippen LogP contribution in [0.4, 0.5) is 0 Å². The van der Waals surface area contributed by atoms with Crippen molar-refractivity contribution < 1.29 is 0 Å². The standard InChI is InChI=1S/C15H25N5S/c1-6-20-12(7-10(2)19-20)11(18-16)8-14-17-13(9-21-14)15(3,4)5/h7,9,11,18H,6,8,16H2,1-5H3. The van der Waals surface area contributed by atoms with Crippen molar-refractivity contribution in [3.05, 3.63) is 33.5 Å². The molecule has 0 fully saturated rings. The minimum Gasteiger partial charge on any atom is -0.271 e. The van der Waals surface area contributed by atoms with E-state index in [1.54, 1.807) is 11.3 Å². The van der Waals surface area contributed by atoms with E-state index in [2.05, 4.69) is 49.7 Å². The van der Waals surface area contributed by atoms with Gasteiger partial charge in [-0.2, -0.15) is 5.10 Å². The molecule has 0 bridgehead atoms. The van der Waals surface area contributed by atoms with E-state index in [0.717, 1.165) is 35.1 Å². The third-order valence-corrected chi connectivity index (χ3v) is 4.36. The van der Waals surface area contributed by atoms with E-state index in [-0.39, 0.29) is 11.5 Å². The van der Waals surface area contributed by atoms with E-state index in [4.69, 9.17) is 10.8 Å². The molecule has 116 valence electrons. The average molecular weight is 307 g/mol. The third-order valence-electron chi connectivity index (χ3n) is 3.49. The molecule has 2 rings (SSSR count). The first-order valence-corrected chi connectivity index (χ1v) is 8.18. The van der Waals surface area contributed by atoms with Gasteiger partial charge < -0.3 is 0 Å². The van der Waals surface area contributed by atoms with Crippen molar-refractivity contribution in [2.75, 3.05) is 0 Å². The molecule has 2 aromatic heterocycles. The van der Waals surface area contributed by atoms with Gasteiger partial charge in [0.15, 0.2) is 0 Å². The van der Waals surface area contributed by atoms with E-state index in [9.17, 15) is 0 Å². The summed E-state index contributed by atoms with van der Waals surface area (Å²) in [7, 11) is 0. The summed E-state index contributed by atoms with van der Waals surface area (Å²) in [6.45, 7) is 11.5. The number of aryl methyl sites for hydroxylation is 2. The van der Waals surface area contributed by atoms with Crippen molar-refractivity contribution in [2.45, 2.75) is 59.0 Å². The first-order chi connectivity index (χ1) is 9.85. The number of hydrazine groups is 1. The first-order valence-electron chi connectivity index (χ1n) is 7.30. The minimum atomic E-state index is 0.0325. The second kappa shape index (κ2) is 6.25. The second-order valence-electron chi connectivity index (χ2n) is 6.33. The predicted molar refractivity (Wildman–Crippen MR) is 87.2 cm³/mol. The summed E-state index contributed by atoms with van der Waals surface area (Å²) in [6.07, 6.45) is 0.780. The fourth-order valence-corrected chi connectivity index (χ4v) is 3.34. The highest BCUT2D eigenvalue weighted by Crippen LogP contribution is 2.26. The van der Waals surface area contributed by atoms with E-state index >= 15 is 0 Å². The highest BCUT2D eigenvalue weighted by molar-refractivity contribution is 7.09. The molecule has 0 aliphatic heterocycles. The van der Waals surface area contributed by atoms with Gasteiger partial charge in [-0.25, -0.2) is 4.98 Å². The Morgan fingerprint density at radius 1 is 1.43 bits per heavy atom. The largest absolute Gasteiger partial charge is 0.271 e. The van der Waals surface area contributed by atoms with E-state index < -0.39 is 0 Å². The molecule has 0 aliphatic carbocycles. The Kier molecular flexibility index (Phi) is 4.81. The molecule has 0 aliphatic rings. The maximum absolute atomic E-state index is 5.76. The third kappa shape index (κ3) is 3.70. The monoisotopic (exact) mass is 307 g/mol. The molecule has 0 aromatic carbocycles. The van der Waals surface area contributed by atoms with E-state index in [0.29, 0.717) is 0 Å². The normalized spacial score (nSPS) is 13.6. The number of aromatic nitrogens is 3. The van der Waals surface area contributed by atoms with E-state index in [1.807, 2.05) is 11.6 Å². The van der Waals surface area contributed by atoms with Crippen LogP contribution in [-0.4, -0.2) is 14.8 Å². The van der Waals surface area contributed by atoms with Crippen LogP contribution in [0, 0.1) is 6.92 Å². The molecule has 1 atom stereocenters. The number of hydrogen-bond acceptors (Lipinski definition) is 5. The molecule has 0 radical (unpaired) electrons. The summed E-state index contributed by atoms with van der Waals surface area (Å²) in [4.78, 5) is 4.75. The fourth-order valence-electron chi connectivity index (χ4n) is 2.27. The molecule has 2 aromatic rings. The molecule has 3 N–H and O–H groups in total. The van der Waals surface area contributed by atoms with Gasteiger partial charge in [-0.05, 0) is 19.9 Å². The molecule has 0 saturated heterocycles. The summed E-state index contributed by atoms with van der Waals surface area (Å²) in [5.74, 6) is 5.76. The average Bonchev–Trinajstić information content (AvgIpc) is 3.01. The second-order valence-corrected chi connectivity index (χ2v) is 7.27. The maximum atomic E-state index is 5.76. The van der Waals surface area contributed by atoms with Gasteiger partial charge >= 0.3 is 0 Å². The zero-order chi connectivity index (χ0) is 15.6. The van der Waals surface area contributed by atoms with Gasteiger partial charge in [0, 0.05) is 23.8 Å². The highest BCUT2D eigenvalue weighted by atomic mass is 32.1. The van der Waals surface area contributed by atoms with Gasteiger partial charge in [-0.1, -0.05) is 20.8 Å². The molecule has 1 unspecified atom stereocenters. The van der Waals surface area contributed by atoms with E-state index in [1.165, 1.54) is 0 Å². The zero-order valence-corrected chi connectivity index (χ0v) is 14.3. The lowest BCUT2D eigenvalue weighted by Crippen LogP contribution is -2.31. The number of hydrogen-bond donors (Lipinski definition) is 2. The molecule has 2 heterocycles. The zero-order valence-electron chi connectivity index (χ0n) is 13.5. The smallest absolute Gasteiger partial charge is 0.0948 e. The van der Waals surface area contributed by atoms with Gasteiger partial charge in [0.1, 0.15) is 0 Å². The number of nitrogens with two attached hydrogens (primary N) is 1. The quantitative estimate of drug-likeness (QED) is 0.658. The van der Waals surface area contributed by atoms with Gasteiger partial charge in [0.05, 0.1) is 28.1 Å². The van der Waals surface area contributed by atoms with Crippen LogP contribution in [0.15, 0.2) is 11.4 Å². The highest BCUT2D eigenvalue weighted by Gasteiger charge is 2.21. The van der Waals surface area contributed by atoms with Crippen molar-refractivity contribution in [2.24, 2.45) is 5.84 Å². The van der Waals surface area contributed by atoms with Crippen LogP contribution < -0.4 is 11.3 Å². The summed E-state index contributed by atoms with van der Waals surface area (Å²) in [5.41, 5.74) is 6.26. The number of rotatable bonds is 5. The van der Waals surface area contributed by atoms with Crippen molar-refractivity contribution in [3.8, 4) is 0 Å². The van der Waals surface area contributed by atoms with Crippen LogP contribution in [0.5, 0.6) is 0 Å². The van der Waals surface area contributed by atoms with Crippen molar-refractivity contribution in [3.63, 3.8) is 0 Å². The number of nitrogens with zero attached hydrogens (tertiary/aromatic N) is 3. The Balaban J connectivity index is 2.21. The van der Waals surface area contributed by atoms with Crippen LogP contribution >= 0.6 is 11.3 Å². The number of thiazole rings is 1. The SMILES string of the molecule is CCn1nc(C)cc1C(Cc1nc(C(C)(C)C)cs1)NN. The molecule has 21 heavy (non-hydrogen) atoms. The summed E-state index contributed by atoms with van der Waals surface area (Å²) < 4.78 is 2.00. The summed E-state index contributed by atoms with van der Waals surface area (Å²) in [6, 6.07) is 2.12. The summed E-state index contributed by atoms with van der Waals surface area (Å²) in [5, 5.41) is 7.73. The minimum absolute atomic E-state index is 0.0325. The molecule has 6 heteroatoms. The lowest BCUT2D eigenvalue weighted by atomic mass is 9.93. The fraction of sp³-hybridized carbons (Fsp3) is 0.600. The Morgan fingerprint density at radius 2 is 2.14 bits per heavy atom. The Bertz CT molecular complexity index is 593. The lowest BCUT2D eigenvalue weighted by molar-refractivity contribution is 0.487. The van der Waals surface area contributed by atoms with Gasteiger partial charge in [-0.15, -0.1) is 11.3 Å². The van der Waals surface area contributed by atoms with Gasteiger partial charge in [-0.3, -0.25) is 16.0 Å². The Labute approximate surface area is 130 Å². The van der Waals surface area contributed by atoms with Crippen LogP contribution in [0.2, 0.25) is 0 Å². The number of nitrogens with one attached hydrogen (secondary N) is 1. The van der Waals surface area contributed by atoms with Crippen molar-refractivity contribution in [1.29, 1.82) is 0 Å². The summed E-state index contributed by atoms with van der Waals surface area (Å²) >= 11 is 1.70. The lowest BCUT2D eigenvalue weighted by Gasteiger charge is -2.16. The van der Waals surface area contributed by atoms with Crippen LogP contribution in [0.1, 0.15) is 55.8 Å². The molecule has 0 amide bonds. The topological polar surface area (TPSA) is 68.8 Å². The maximum Gasteiger partial charge on any atom is 0.0948 e. The molecule has 0 spiro atoms. The van der Waals surface area contributed by atoms with Crippen LogP contribution in [-0.2, 0) is 18.4 Å². The predicted octanol–water partition coefficient (Wildman–Crippen LogP) is 2.71. The van der Waals surface area contributed by atoms with Crippen molar-refractivity contribution in [1.82, 2.24) is 20.2 Å². The molecular weight excluding hydrogens is 282 g/mol. The van der Waals surface area contributed by atoms with Crippen LogP contribution in [0.25, 0.3) is 0 Å². The first kappa shape index (κ1) is 16.1. The Hall–Kier alpha value is -1.24. The Morgan fingerprint density at radius 3 is 2.67 bits per heavy atom. The molecular formula is C15H25N5S. The molecule has 5 nitrogen and oxygen atoms in total.